The minimum atomic E-state index is -3.57. The number of carboxylic acids is 1. The fraction of sp³-hybridized carbons (Fsp3) is 0. The molecule has 0 fully saturated rings. The van der Waals surface area contributed by atoms with Crippen molar-refractivity contribution in [2.24, 2.45) is 0 Å². The van der Waals surface area contributed by atoms with E-state index in [1.54, 1.807) is 0 Å². The van der Waals surface area contributed by atoms with E-state index in [1.165, 1.54) is 0 Å². The first-order valence-corrected chi connectivity index (χ1v) is 13.2. The van der Waals surface area contributed by atoms with Crippen molar-refractivity contribution in [1.29, 1.82) is 0 Å². The van der Waals surface area contributed by atoms with Crippen molar-refractivity contribution in [2.75, 3.05) is 0 Å². The molecular weight excluding hydrogens is 466 g/mol. The van der Waals surface area contributed by atoms with Crippen molar-refractivity contribution in [3.63, 3.8) is 0 Å². The second-order valence-corrected chi connectivity index (χ2v) is 16.4. The number of carboxylic acid groups (broad SMARTS) is 1. The maximum atomic E-state index is 11.1. The van der Waals surface area contributed by atoms with Gasteiger partial charge >= 0.3 is 113 Å². The molecule has 0 atom stereocenters. The molecule has 0 bridgehead atoms. The Labute approximate surface area is 112 Å². The molecule has 0 saturated carbocycles. The Hall–Kier alpha value is 0.530. The quantitative estimate of drug-likeness (QED) is 0.506. The van der Waals surface area contributed by atoms with Crippen LogP contribution in [0, 0.1) is 0 Å². The third kappa shape index (κ3) is 1.81. The van der Waals surface area contributed by atoms with Gasteiger partial charge in [0, 0.05) is 0 Å². The van der Waals surface area contributed by atoms with Crippen molar-refractivity contribution in [2.45, 2.75) is 0 Å². The zero-order valence-corrected chi connectivity index (χ0v) is 13.2. The van der Waals surface area contributed by atoms with Gasteiger partial charge in [0.15, 0.2) is 0 Å². The van der Waals surface area contributed by atoms with E-state index in [1.807, 2.05) is 46.9 Å². The topological polar surface area (TPSA) is 37.3 Å². The summed E-state index contributed by atoms with van der Waals surface area (Å²) in [4.78, 5) is 11.1. The second-order valence-electron chi connectivity index (χ2n) is 2.91. The number of aliphatic carboxylic acids is 1. The van der Waals surface area contributed by atoms with Crippen molar-refractivity contribution in [1.82, 2.24) is 0 Å². The molecule has 0 aromatic heterocycles. The monoisotopic (exact) mass is 472 g/mol. The summed E-state index contributed by atoms with van der Waals surface area (Å²) in [5.74, 6) is -0.998. The van der Waals surface area contributed by atoms with Crippen molar-refractivity contribution >= 4 is 69.6 Å². The Morgan fingerprint density at radius 3 is 2.47 bits per heavy atom. The molecule has 1 aliphatic rings. The standard InChI is InChI=1S/C9H5Cl2IO2Te/c10-15(11)6-4-2-1-3-5(6)7(12)8(15)9(13)14/h1-4H,(H,13,14). The van der Waals surface area contributed by atoms with Crippen LogP contribution in [-0.2, 0) is 4.79 Å². The van der Waals surface area contributed by atoms with Gasteiger partial charge in [0.1, 0.15) is 0 Å². The Balaban J connectivity index is 2.74. The first-order valence-electron chi connectivity index (χ1n) is 3.91. The molecule has 0 radical (unpaired) electrons. The summed E-state index contributed by atoms with van der Waals surface area (Å²) in [5, 5.41) is 9.11. The van der Waals surface area contributed by atoms with Crippen molar-refractivity contribution in [3.05, 3.63) is 33.4 Å². The fourth-order valence-electron chi connectivity index (χ4n) is 1.42. The summed E-state index contributed by atoms with van der Waals surface area (Å²) in [6.45, 7) is 0. The van der Waals surface area contributed by atoms with Crippen LogP contribution < -0.4 is 3.61 Å². The third-order valence-electron chi connectivity index (χ3n) is 2.05. The molecule has 0 spiro atoms. The number of fused-ring (bicyclic) bond motifs is 1. The third-order valence-corrected chi connectivity index (χ3v) is 13.7. The van der Waals surface area contributed by atoms with Crippen LogP contribution in [0.1, 0.15) is 5.56 Å². The molecule has 15 heavy (non-hydrogen) atoms. The average molecular weight is 471 g/mol. The van der Waals surface area contributed by atoms with Gasteiger partial charge in [-0.3, -0.25) is 0 Å². The van der Waals surface area contributed by atoms with E-state index < -0.39 is 21.9 Å². The zero-order valence-electron chi connectivity index (χ0n) is 7.21. The summed E-state index contributed by atoms with van der Waals surface area (Å²) in [5.41, 5.74) is 0.877. The summed E-state index contributed by atoms with van der Waals surface area (Å²) in [6.07, 6.45) is 0. The molecule has 0 aliphatic carbocycles. The molecule has 0 unspecified atom stereocenters. The number of rotatable bonds is 1. The number of hydrogen-bond acceptors (Lipinski definition) is 1. The van der Waals surface area contributed by atoms with Gasteiger partial charge in [-0.1, -0.05) is 0 Å². The molecule has 0 saturated heterocycles. The van der Waals surface area contributed by atoms with E-state index in [-0.39, 0.29) is 3.62 Å². The second kappa shape index (κ2) is 4.08. The van der Waals surface area contributed by atoms with Crippen LogP contribution >= 0.6 is 40.5 Å². The van der Waals surface area contributed by atoms with Crippen molar-refractivity contribution in [3.8, 4) is 0 Å². The van der Waals surface area contributed by atoms with E-state index >= 15 is 0 Å². The van der Waals surface area contributed by atoms with Crippen LogP contribution in [0.25, 0.3) is 3.58 Å². The predicted octanol–water partition coefficient (Wildman–Crippen LogP) is 2.60. The summed E-state index contributed by atoms with van der Waals surface area (Å²) in [6, 6.07) is 7.37. The van der Waals surface area contributed by atoms with Gasteiger partial charge in [-0.2, -0.15) is 0 Å². The Morgan fingerprint density at radius 2 is 1.93 bits per heavy atom. The van der Waals surface area contributed by atoms with E-state index in [4.69, 9.17) is 23.0 Å². The SMILES string of the molecule is O=C(O)C1=C(I)c2ccccc2[Te]1(Cl)Cl. The fourth-order valence-corrected chi connectivity index (χ4v) is 14.6. The molecular formula is C9H5Cl2IO2Te. The van der Waals surface area contributed by atoms with Gasteiger partial charge in [-0.25, -0.2) is 0 Å². The average Bonchev–Trinajstić information content (AvgIpc) is 2.36. The van der Waals surface area contributed by atoms with Crippen LogP contribution in [0.15, 0.2) is 27.9 Å². The number of halogens is 3. The van der Waals surface area contributed by atoms with Crippen LogP contribution in [0.2, 0.25) is 0 Å². The first-order chi connectivity index (χ1) is 6.96. The summed E-state index contributed by atoms with van der Waals surface area (Å²) >= 11 is -1.57. The molecule has 0 amide bonds. The minimum absolute atomic E-state index is 0.225. The molecule has 1 heterocycles. The van der Waals surface area contributed by atoms with E-state index in [0.29, 0.717) is 3.58 Å². The number of hydrogen-bond donors (Lipinski definition) is 1. The van der Waals surface area contributed by atoms with Crippen LogP contribution in [0.4, 0.5) is 0 Å². The van der Waals surface area contributed by atoms with Gasteiger partial charge < -0.3 is 0 Å². The normalized spacial score (nSPS) is 19.9. The molecule has 1 aliphatic heterocycles. The van der Waals surface area contributed by atoms with Gasteiger partial charge in [-0.15, -0.1) is 0 Å². The predicted molar refractivity (Wildman–Crippen MR) is 72.1 cm³/mol. The van der Waals surface area contributed by atoms with E-state index in [0.717, 1.165) is 9.17 Å². The zero-order chi connectivity index (χ0) is 11.2. The van der Waals surface area contributed by atoms with Gasteiger partial charge in [0.2, 0.25) is 0 Å². The maximum absolute atomic E-state index is 11.1. The van der Waals surface area contributed by atoms with E-state index in [2.05, 4.69) is 0 Å². The molecule has 2 rings (SSSR count). The molecule has 1 N–H and O–H groups in total. The first kappa shape index (κ1) is 12.0. The number of carbonyl (C=O) groups is 1. The Morgan fingerprint density at radius 1 is 1.33 bits per heavy atom. The van der Waals surface area contributed by atoms with Crippen LogP contribution in [0.3, 0.4) is 0 Å². The molecule has 2 nitrogen and oxygen atoms in total. The van der Waals surface area contributed by atoms with Crippen molar-refractivity contribution < 1.29 is 9.90 Å². The van der Waals surface area contributed by atoms with Gasteiger partial charge in [0.25, 0.3) is 0 Å². The van der Waals surface area contributed by atoms with Gasteiger partial charge in [-0.05, 0) is 0 Å². The van der Waals surface area contributed by atoms with Crippen LogP contribution in [-0.4, -0.2) is 27.0 Å². The molecule has 1 aromatic rings. The number of benzene rings is 1. The Bertz CT molecular complexity index is 485. The summed E-state index contributed by atoms with van der Waals surface area (Å²) in [7, 11) is 12.5. The Kier molecular flexibility index (Phi) is 3.26. The van der Waals surface area contributed by atoms with Gasteiger partial charge in [0.05, 0.1) is 0 Å². The molecule has 1 aromatic carbocycles. The summed E-state index contributed by atoms with van der Waals surface area (Å²) < 4.78 is 1.73. The van der Waals surface area contributed by atoms with E-state index in [9.17, 15) is 4.79 Å². The van der Waals surface area contributed by atoms with Crippen LogP contribution in [0.5, 0.6) is 0 Å². The molecule has 6 heteroatoms. The molecule has 80 valence electrons.